The predicted molar refractivity (Wildman–Crippen MR) is 46.9 cm³/mol. The van der Waals surface area contributed by atoms with E-state index < -0.39 is 6.65 Å². The van der Waals surface area contributed by atoms with Gasteiger partial charge in [0.1, 0.15) is 0 Å². The highest BCUT2D eigenvalue weighted by Crippen LogP contribution is 2.51. The summed E-state index contributed by atoms with van der Waals surface area (Å²) >= 11 is 5.71. The van der Waals surface area contributed by atoms with Crippen molar-refractivity contribution >= 4 is 17.9 Å². The zero-order valence-electron chi connectivity index (χ0n) is 6.89. The summed E-state index contributed by atoms with van der Waals surface area (Å²) in [6, 6.07) is 0.186. The third-order valence-electron chi connectivity index (χ3n) is 1.10. The zero-order valence-corrected chi connectivity index (χ0v) is 8.54. The van der Waals surface area contributed by atoms with Gasteiger partial charge in [0.25, 0.3) is 0 Å². The lowest BCUT2D eigenvalue weighted by Gasteiger charge is -2.18. The molecule has 0 radical (unpaired) electrons. The van der Waals surface area contributed by atoms with Gasteiger partial charge in [0.15, 0.2) is 0 Å². The van der Waals surface area contributed by atoms with Crippen molar-refractivity contribution in [1.82, 2.24) is 5.09 Å². The lowest BCUT2D eigenvalue weighted by Crippen LogP contribution is -2.20. The highest BCUT2D eigenvalue weighted by molar-refractivity contribution is 7.88. The van der Waals surface area contributed by atoms with Gasteiger partial charge in [-0.2, -0.15) is 0 Å². The van der Waals surface area contributed by atoms with Gasteiger partial charge in [-0.05, 0) is 25.1 Å². The predicted octanol–water partition coefficient (Wildman–Crippen LogP) is 2.82. The number of hydrogen-bond acceptors (Lipinski definition) is 1. The highest BCUT2D eigenvalue weighted by Gasteiger charge is 2.23. The van der Waals surface area contributed by atoms with E-state index in [2.05, 4.69) is 5.09 Å². The smallest absolute Gasteiger partial charge is 0.234 e. The summed E-state index contributed by atoms with van der Waals surface area (Å²) in [6.07, 6.45) is 0. The molecule has 1 N–H and O–H groups in total. The Bertz CT molecular complexity index is 147. The number of hydrogen-bond donors (Lipinski definition) is 1. The molecule has 4 heteroatoms. The second-order valence-corrected chi connectivity index (χ2v) is 6.91. The monoisotopic (exact) mass is 183 g/mol. The summed E-state index contributed by atoms with van der Waals surface area (Å²) in [4.78, 5) is 0. The van der Waals surface area contributed by atoms with Crippen LogP contribution in [0.5, 0.6) is 0 Å². The minimum Gasteiger partial charge on any atom is -0.289 e. The van der Waals surface area contributed by atoms with Gasteiger partial charge < -0.3 is 0 Å². The summed E-state index contributed by atoms with van der Waals surface area (Å²) in [7, 11) is 0. The third-order valence-corrected chi connectivity index (χ3v) is 4.76. The van der Waals surface area contributed by atoms with Crippen LogP contribution in [0.1, 0.15) is 27.7 Å². The molecular formula is C6H15ClNOP. The molecule has 0 aliphatic carbocycles. The molecule has 0 aliphatic rings. The van der Waals surface area contributed by atoms with Crippen molar-refractivity contribution in [3.05, 3.63) is 0 Å². The molecule has 0 saturated carbocycles. The van der Waals surface area contributed by atoms with Gasteiger partial charge in [0.2, 0.25) is 6.65 Å². The van der Waals surface area contributed by atoms with Crippen molar-refractivity contribution in [1.29, 1.82) is 0 Å². The average molecular weight is 184 g/mol. The number of rotatable bonds is 3. The van der Waals surface area contributed by atoms with E-state index in [4.69, 9.17) is 11.2 Å². The van der Waals surface area contributed by atoms with Crippen LogP contribution in [0.2, 0.25) is 0 Å². The first-order valence-corrected chi connectivity index (χ1v) is 6.11. The van der Waals surface area contributed by atoms with E-state index in [9.17, 15) is 4.57 Å². The Morgan fingerprint density at radius 2 is 1.70 bits per heavy atom. The van der Waals surface area contributed by atoms with Gasteiger partial charge in [0, 0.05) is 11.7 Å². The molecule has 1 atom stereocenters. The van der Waals surface area contributed by atoms with Gasteiger partial charge in [-0.3, -0.25) is 9.65 Å². The fourth-order valence-electron chi connectivity index (χ4n) is 0.501. The van der Waals surface area contributed by atoms with Crippen LogP contribution in [-0.4, -0.2) is 11.7 Å². The maximum atomic E-state index is 11.4. The van der Waals surface area contributed by atoms with Crippen LogP contribution < -0.4 is 5.09 Å². The Balaban J connectivity index is 4.01. The van der Waals surface area contributed by atoms with E-state index in [1.165, 1.54) is 0 Å². The molecule has 2 nitrogen and oxygen atoms in total. The van der Waals surface area contributed by atoms with Gasteiger partial charge in [-0.25, -0.2) is 0 Å². The number of nitrogens with one attached hydrogen (secondary N) is 1. The largest absolute Gasteiger partial charge is 0.289 e. The lowest BCUT2D eigenvalue weighted by molar-refractivity contribution is 0.560. The van der Waals surface area contributed by atoms with Gasteiger partial charge >= 0.3 is 0 Å². The van der Waals surface area contributed by atoms with Crippen LogP contribution in [-0.2, 0) is 4.57 Å². The summed E-state index contributed by atoms with van der Waals surface area (Å²) in [5.74, 6) is 0. The minimum atomic E-state index is -2.60. The van der Waals surface area contributed by atoms with Crippen molar-refractivity contribution in [3.63, 3.8) is 0 Å². The first kappa shape index (κ1) is 10.5. The van der Waals surface area contributed by atoms with Crippen molar-refractivity contribution in [2.75, 3.05) is 0 Å². The molecule has 0 bridgehead atoms. The Morgan fingerprint density at radius 3 is 1.80 bits per heavy atom. The maximum Gasteiger partial charge on any atom is 0.234 e. The van der Waals surface area contributed by atoms with Crippen LogP contribution >= 0.6 is 17.9 Å². The fourth-order valence-corrected chi connectivity index (χ4v) is 2.09. The Kier molecular flexibility index (Phi) is 3.93. The summed E-state index contributed by atoms with van der Waals surface area (Å²) in [5, 5.41) is 2.84. The van der Waals surface area contributed by atoms with E-state index in [0.29, 0.717) is 0 Å². The summed E-state index contributed by atoms with van der Waals surface area (Å²) in [6.45, 7) is 4.96. The van der Waals surface area contributed by atoms with Crippen LogP contribution in [0.15, 0.2) is 0 Å². The molecule has 10 heavy (non-hydrogen) atoms. The second kappa shape index (κ2) is 3.75. The molecule has 0 saturated heterocycles. The summed E-state index contributed by atoms with van der Waals surface area (Å²) in [5.41, 5.74) is 0.0107. The van der Waals surface area contributed by atoms with Crippen molar-refractivity contribution in [2.45, 2.75) is 39.4 Å². The van der Waals surface area contributed by atoms with Crippen LogP contribution in [0.4, 0.5) is 0 Å². The topological polar surface area (TPSA) is 29.1 Å². The molecule has 0 spiro atoms. The first-order chi connectivity index (χ1) is 4.36. The minimum absolute atomic E-state index is 0.0107. The normalized spacial score (nSPS) is 17.9. The molecule has 1 unspecified atom stereocenters. The van der Waals surface area contributed by atoms with Crippen LogP contribution in [0, 0.1) is 0 Å². The molecule has 0 aliphatic heterocycles. The van der Waals surface area contributed by atoms with Crippen LogP contribution in [0.3, 0.4) is 0 Å². The molecule has 0 aromatic carbocycles. The maximum absolute atomic E-state index is 11.4. The number of halogens is 1. The first-order valence-electron chi connectivity index (χ1n) is 3.43. The highest BCUT2D eigenvalue weighted by atomic mass is 35.7. The molecule has 0 amide bonds. The summed E-state index contributed by atoms with van der Waals surface area (Å²) < 4.78 is 11.4. The molecular weight excluding hydrogens is 168 g/mol. The van der Waals surface area contributed by atoms with E-state index in [0.717, 1.165) is 0 Å². The average Bonchev–Trinajstić information content (AvgIpc) is 1.60. The van der Waals surface area contributed by atoms with E-state index in [1.807, 2.05) is 27.7 Å². The van der Waals surface area contributed by atoms with Gasteiger partial charge in [-0.1, -0.05) is 13.8 Å². The Hall–Kier alpha value is 0.480. The van der Waals surface area contributed by atoms with Gasteiger partial charge in [0.05, 0.1) is 0 Å². The molecule has 0 rings (SSSR count). The fraction of sp³-hybridized carbons (Fsp3) is 1.00. The van der Waals surface area contributed by atoms with E-state index in [-0.39, 0.29) is 11.7 Å². The SMILES string of the molecule is CC(C)NP(=O)(Cl)C(C)C. The second-order valence-electron chi connectivity index (χ2n) is 2.95. The quantitative estimate of drug-likeness (QED) is 0.682. The van der Waals surface area contributed by atoms with Crippen molar-refractivity contribution in [3.8, 4) is 0 Å². The Labute approximate surface area is 67.6 Å². The van der Waals surface area contributed by atoms with Gasteiger partial charge in [-0.15, -0.1) is 0 Å². The zero-order chi connectivity index (χ0) is 8.36. The van der Waals surface area contributed by atoms with E-state index in [1.54, 1.807) is 0 Å². The van der Waals surface area contributed by atoms with Crippen LogP contribution in [0.25, 0.3) is 0 Å². The molecule has 0 fully saturated rings. The van der Waals surface area contributed by atoms with Crippen molar-refractivity contribution in [2.24, 2.45) is 0 Å². The molecule has 0 heterocycles. The lowest BCUT2D eigenvalue weighted by atomic mass is 10.4. The molecule has 62 valence electrons. The molecule has 0 aromatic heterocycles. The van der Waals surface area contributed by atoms with Crippen molar-refractivity contribution < 1.29 is 4.57 Å². The Morgan fingerprint density at radius 1 is 1.30 bits per heavy atom. The van der Waals surface area contributed by atoms with E-state index >= 15 is 0 Å². The third kappa shape index (κ3) is 3.60. The standard InChI is InChI=1S/C6H15ClNOP/c1-5(2)8-10(7,9)6(3)4/h5-6H,1-4H3,(H,8,9). The molecule has 0 aromatic rings.